The number of hydrogen-bond donors (Lipinski definition) is 0. The van der Waals surface area contributed by atoms with Crippen LogP contribution in [0.2, 0.25) is 0 Å². The summed E-state index contributed by atoms with van der Waals surface area (Å²) in [6.45, 7) is 2.29. The first-order chi connectivity index (χ1) is 7.79. The molecule has 4 nitrogen and oxygen atoms in total. The summed E-state index contributed by atoms with van der Waals surface area (Å²) >= 11 is 0. The normalized spacial score (nSPS) is 18.4. The van der Waals surface area contributed by atoms with Gasteiger partial charge >= 0.3 is 0 Å². The molecule has 1 aromatic carbocycles. The van der Waals surface area contributed by atoms with Gasteiger partial charge in [0.2, 0.25) is 6.79 Å². The quantitative estimate of drug-likeness (QED) is 0.717. The third kappa shape index (κ3) is 1.33. The highest BCUT2D eigenvalue weighted by atomic mass is 16.7. The van der Waals surface area contributed by atoms with Crippen LogP contribution >= 0.6 is 0 Å². The predicted molar refractivity (Wildman–Crippen MR) is 59.2 cm³/mol. The summed E-state index contributed by atoms with van der Waals surface area (Å²) in [5.41, 5.74) is 2.49. The van der Waals surface area contributed by atoms with E-state index in [9.17, 15) is 0 Å². The van der Waals surface area contributed by atoms with Crippen LogP contribution in [0.1, 0.15) is 11.1 Å². The number of methoxy groups -OCH3 is 1. The summed E-state index contributed by atoms with van der Waals surface area (Å²) in [4.78, 5) is 2.28. The molecule has 2 aliphatic rings. The van der Waals surface area contributed by atoms with Gasteiger partial charge in [-0.3, -0.25) is 0 Å². The minimum atomic E-state index is 0.324. The molecule has 0 amide bonds. The van der Waals surface area contributed by atoms with Gasteiger partial charge in [-0.15, -0.1) is 0 Å². The third-order valence-corrected chi connectivity index (χ3v) is 3.23. The van der Waals surface area contributed by atoms with Gasteiger partial charge in [0.05, 0.1) is 7.11 Å². The van der Waals surface area contributed by atoms with Gasteiger partial charge < -0.3 is 19.1 Å². The summed E-state index contributed by atoms with van der Waals surface area (Å²) in [6, 6.07) is 1.93. The number of benzene rings is 1. The van der Waals surface area contributed by atoms with Gasteiger partial charge in [0.1, 0.15) is 5.75 Å². The van der Waals surface area contributed by atoms with E-state index in [1.807, 2.05) is 6.07 Å². The molecule has 0 saturated carbocycles. The molecule has 0 saturated heterocycles. The monoisotopic (exact) mass is 221 g/mol. The van der Waals surface area contributed by atoms with Crippen LogP contribution in [0, 0.1) is 0 Å². The van der Waals surface area contributed by atoms with Crippen LogP contribution in [0.15, 0.2) is 6.07 Å². The number of hydrogen-bond acceptors (Lipinski definition) is 4. The Hall–Kier alpha value is -1.42. The molecule has 86 valence electrons. The average molecular weight is 221 g/mol. The van der Waals surface area contributed by atoms with Crippen LogP contribution in [-0.4, -0.2) is 32.4 Å². The second-order valence-corrected chi connectivity index (χ2v) is 4.26. The second-order valence-electron chi connectivity index (χ2n) is 4.26. The van der Waals surface area contributed by atoms with Gasteiger partial charge in [0.25, 0.3) is 0 Å². The van der Waals surface area contributed by atoms with Gasteiger partial charge in [-0.05, 0) is 13.5 Å². The van der Waals surface area contributed by atoms with Gasteiger partial charge in [0, 0.05) is 30.3 Å². The molecule has 0 bridgehead atoms. The van der Waals surface area contributed by atoms with Crippen molar-refractivity contribution in [2.45, 2.75) is 13.0 Å². The number of ether oxygens (including phenoxy) is 3. The van der Waals surface area contributed by atoms with E-state index in [0.29, 0.717) is 6.79 Å². The van der Waals surface area contributed by atoms with Crippen LogP contribution in [-0.2, 0) is 13.0 Å². The van der Waals surface area contributed by atoms with Gasteiger partial charge in [0.15, 0.2) is 11.5 Å². The molecule has 1 aromatic rings. The fourth-order valence-corrected chi connectivity index (χ4v) is 2.40. The molecule has 0 fully saturated rings. The molecule has 0 atom stereocenters. The lowest BCUT2D eigenvalue weighted by atomic mass is 9.97. The van der Waals surface area contributed by atoms with Crippen LogP contribution in [0.4, 0.5) is 0 Å². The Labute approximate surface area is 94.7 Å². The van der Waals surface area contributed by atoms with E-state index in [1.54, 1.807) is 7.11 Å². The van der Waals surface area contributed by atoms with E-state index in [4.69, 9.17) is 14.2 Å². The molecule has 3 rings (SSSR count). The Morgan fingerprint density at radius 3 is 3.00 bits per heavy atom. The third-order valence-electron chi connectivity index (χ3n) is 3.23. The Balaban J connectivity index is 2.16. The van der Waals surface area contributed by atoms with E-state index in [1.165, 1.54) is 11.1 Å². The molecular formula is C12H15NO3. The highest BCUT2D eigenvalue weighted by Gasteiger charge is 2.27. The van der Waals surface area contributed by atoms with Crippen LogP contribution < -0.4 is 14.2 Å². The van der Waals surface area contributed by atoms with Crippen LogP contribution in [0.25, 0.3) is 0 Å². The Morgan fingerprint density at radius 1 is 1.31 bits per heavy atom. The number of rotatable bonds is 1. The molecule has 2 aliphatic heterocycles. The largest absolute Gasteiger partial charge is 0.496 e. The molecular weight excluding hydrogens is 206 g/mol. The van der Waals surface area contributed by atoms with Crippen molar-refractivity contribution in [3.05, 3.63) is 17.2 Å². The topological polar surface area (TPSA) is 30.9 Å². The lowest BCUT2D eigenvalue weighted by Gasteiger charge is -2.27. The first-order valence-corrected chi connectivity index (χ1v) is 5.46. The summed E-state index contributed by atoms with van der Waals surface area (Å²) in [7, 11) is 3.82. The first-order valence-electron chi connectivity index (χ1n) is 5.46. The standard InChI is InChI=1S/C12H15NO3/c1-13-4-3-8-9(6-13)10(14-2)5-11-12(8)16-7-15-11/h5H,3-4,6-7H2,1-2H3. The minimum absolute atomic E-state index is 0.324. The summed E-state index contributed by atoms with van der Waals surface area (Å²) in [5, 5.41) is 0. The van der Waals surface area contributed by atoms with Crippen molar-refractivity contribution < 1.29 is 14.2 Å². The van der Waals surface area contributed by atoms with Crippen molar-refractivity contribution in [2.75, 3.05) is 27.5 Å². The number of nitrogens with zero attached hydrogens (tertiary/aromatic N) is 1. The number of likely N-dealkylation sites (N-methyl/N-ethyl adjacent to an activating group) is 1. The summed E-state index contributed by atoms with van der Waals surface area (Å²) in [6.07, 6.45) is 0.995. The van der Waals surface area contributed by atoms with E-state index >= 15 is 0 Å². The fraction of sp³-hybridized carbons (Fsp3) is 0.500. The smallest absolute Gasteiger partial charge is 0.231 e. The van der Waals surface area contributed by atoms with E-state index in [2.05, 4.69) is 11.9 Å². The molecule has 0 unspecified atom stereocenters. The molecule has 0 radical (unpaired) electrons. The zero-order valence-electron chi connectivity index (χ0n) is 9.58. The summed E-state index contributed by atoms with van der Waals surface area (Å²) < 4.78 is 16.4. The van der Waals surface area contributed by atoms with Crippen molar-refractivity contribution in [1.82, 2.24) is 4.90 Å². The van der Waals surface area contributed by atoms with Crippen molar-refractivity contribution in [3.63, 3.8) is 0 Å². The zero-order chi connectivity index (χ0) is 11.1. The van der Waals surface area contributed by atoms with Gasteiger partial charge in [-0.2, -0.15) is 0 Å². The SMILES string of the molecule is COc1cc2c(c3c1CN(C)CC3)OCO2. The fourth-order valence-electron chi connectivity index (χ4n) is 2.40. The lowest BCUT2D eigenvalue weighted by molar-refractivity contribution is 0.172. The Kier molecular flexibility index (Phi) is 2.17. The molecule has 0 aliphatic carbocycles. The predicted octanol–water partition coefficient (Wildman–Crippen LogP) is 1.41. The van der Waals surface area contributed by atoms with Crippen molar-refractivity contribution in [3.8, 4) is 17.2 Å². The molecule has 0 N–H and O–H groups in total. The molecule has 0 spiro atoms. The van der Waals surface area contributed by atoms with Gasteiger partial charge in [-0.25, -0.2) is 0 Å². The maximum absolute atomic E-state index is 5.54. The first kappa shape index (κ1) is 9.78. The molecule has 4 heteroatoms. The highest BCUT2D eigenvalue weighted by Crippen LogP contribution is 2.44. The van der Waals surface area contributed by atoms with Crippen molar-refractivity contribution in [1.29, 1.82) is 0 Å². The molecule has 2 heterocycles. The van der Waals surface area contributed by atoms with Crippen LogP contribution in [0.3, 0.4) is 0 Å². The van der Waals surface area contributed by atoms with E-state index in [0.717, 1.165) is 36.8 Å². The second kappa shape index (κ2) is 3.56. The highest BCUT2D eigenvalue weighted by molar-refractivity contribution is 5.59. The minimum Gasteiger partial charge on any atom is -0.496 e. The van der Waals surface area contributed by atoms with Crippen molar-refractivity contribution >= 4 is 0 Å². The Morgan fingerprint density at radius 2 is 2.19 bits per heavy atom. The van der Waals surface area contributed by atoms with Gasteiger partial charge in [-0.1, -0.05) is 0 Å². The summed E-state index contributed by atoms with van der Waals surface area (Å²) in [5.74, 6) is 2.65. The van der Waals surface area contributed by atoms with E-state index < -0.39 is 0 Å². The van der Waals surface area contributed by atoms with Crippen LogP contribution in [0.5, 0.6) is 17.2 Å². The number of fused-ring (bicyclic) bond motifs is 3. The maximum Gasteiger partial charge on any atom is 0.231 e. The average Bonchev–Trinajstić information content (AvgIpc) is 2.75. The van der Waals surface area contributed by atoms with E-state index in [-0.39, 0.29) is 0 Å². The molecule has 16 heavy (non-hydrogen) atoms. The van der Waals surface area contributed by atoms with Crippen molar-refractivity contribution in [2.24, 2.45) is 0 Å². The lowest BCUT2D eigenvalue weighted by Crippen LogP contribution is -2.27. The zero-order valence-corrected chi connectivity index (χ0v) is 9.58. The maximum atomic E-state index is 5.54. The Bertz CT molecular complexity index is 431. The molecule has 0 aromatic heterocycles.